The minimum atomic E-state index is -0.839. The van der Waals surface area contributed by atoms with E-state index in [0.717, 1.165) is 0 Å². The quantitative estimate of drug-likeness (QED) is 0.588. The Bertz CT molecular complexity index is 211. The van der Waals surface area contributed by atoms with Crippen molar-refractivity contribution < 1.29 is 0 Å². The van der Waals surface area contributed by atoms with Gasteiger partial charge in [0.05, 0.1) is 6.20 Å². The van der Waals surface area contributed by atoms with E-state index < -0.39 is 19.8 Å². The molecule has 0 aliphatic carbocycles. The van der Waals surface area contributed by atoms with Crippen molar-refractivity contribution in [3.8, 4) is 0 Å². The Labute approximate surface area is 126 Å². The van der Waals surface area contributed by atoms with E-state index in [2.05, 4.69) is 36.0 Å². The van der Waals surface area contributed by atoms with Gasteiger partial charge in [-0.1, -0.05) is 0 Å². The second-order valence-corrected chi connectivity index (χ2v) is 13.4. The standard InChI is InChI=1S/3C4H9.C3H3N3.Sn/c3*1-3-4-2;1-2-5-6-3-4-1;/h3*1,3-4H2,2H3;1-3H;. The molecule has 1 aromatic rings. The molecule has 0 aliphatic rings. The Balaban J connectivity index is 0.000000443. The van der Waals surface area contributed by atoms with E-state index in [1.54, 1.807) is 19.5 Å². The first-order chi connectivity index (χ1) is 9.35. The Hall–Kier alpha value is -0.191. The maximum atomic E-state index is 3.61. The fourth-order valence-corrected chi connectivity index (χ4v) is 11.3. The summed E-state index contributed by atoms with van der Waals surface area (Å²) in [5, 5.41) is 6.90. The zero-order valence-corrected chi connectivity index (χ0v) is 15.8. The van der Waals surface area contributed by atoms with Crippen molar-refractivity contribution in [2.24, 2.45) is 0 Å². The Morgan fingerprint density at radius 2 is 1.26 bits per heavy atom. The molecule has 1 heterocycles. The van der Waals surface area contributed by atoms with Gasteiger partial charge in [-0.25, -0.2) is 4.98 Å². The van der Waals surface area contributed by atoms with Crippen molar-refractivity contribution in [3.05, 3.63) is 18.7 Å². The van der Waals surface area contributed by atoms with Crippen molar-refractivity contribution in [3.63, 3.8) is 0 Å². The molecule has 0 aliphatic heterocycles. The molecule has 0 fully saturated rings. The molecule has 0 saturated carbocycles. The molecule has 1 aromatic heterocycles. The summed E-state index contributed by atoms with van der Waals surface area (Å²) in [6.45, 7) is 7.00. The van der Waals surface area contributed by atoms with E-state index in [9.17, 15) is 0 Å². The molecule has 19 heavy (non-hydrogen) atoms. The van der Waals surface area contributed by atoms with E-state index in [1.807, 2.05) is 0 Å². The van der Waals surface area contributed by atoms with E-state index in [0.29, 0.717) is 0 Å². The van der Waals surface area contributed by atoms with Crippen molar-refractivity contribution in [2.75, 3.05) is 0 Å². The Kier molecular flexibility index (Phi) is 15.7. The van der Waals surface area contributed by atoms with Gasteiger partial charge in [-0.3, -0.25) is 0 Å². The molecule has 0 N–H and O–H groups in total. The molecule has 0 aromatic carbocycles. The number of rotatable bonds is 9. The molecule has 0 unspecified atom stereocenters. The van der Waals surface area contributed by atoms with Gasteiger partial charge < -0.3 is 0 Å². The monoisotopic (exact) mass is 372 g/mol. The second-order valence-electron chi connectivity index (χ2n) is 4.85. The zero-order valence-electron chi connectivity index (χ0n) is 12.9. The molecular weight excluding hydrogens is 341 g/mol. The van der Waals surface area contributed by atoms with Crippen LogP contribution in [0.3, 0.4) is 0 Å². The molecule has 109 valence electrons. The maximum Gasteiger partial charge on any atom is 0.138 e. The molecule has 3 nitrogen and oxygen atoms in total. The summed E-state index contributed by atoms with van der Waals surface area (Å²) in [6, 6.07) is 0. The molecule has 0 bridgehead atoms. The largest absolute Gasteiger partial charge is 0.241 e. The van der Waals surface area contributed by atoms with Crippen LogP contribution < -0.4 is 0 Å². The van der Waals surface area contributed by atoms with Gasteiger partial charge in [0.15, 0.2) is 0 Å². The van der Waals surface area contributed by atoms with Crippen molar-refractivity contribution in [1.82, 2.24) is 15.2 Å². The third kappa shape index (κ3) is 14.0. The van der Waals surface area contributed by atoms with Crippen molar-refractivity contribution in [1.29, 1.82) is 0 Å². The first kappa shape index (κ1) is 18.8. The summed E-state index contributed by atoms with van der Waals surface area (Å²) in [6.07, 6.45) is 13.3. The van der Waals surface area contributed by atoms with Crippen LogP contribution in [-0.2, 0) is 0 Å². The van der Waals surface area contributed by atoms with Crippen LogP contribution >= 0.6 is 0 Å². The first-order valence-corrected chi connectivity index (χ1v) is 13.8. The Morgan fingerprint density at radius 3 is 1.47 bits per heavy atom. The summed E-state index contributed by atoms with van der Waals surface area (Å²) in [4.78, 5) is 3.61. The van der Waals surface area contributed by atoms with Gasteiger partial charge in [-0.05, 0) is 0 Å². The van der Waals surface area contributed by atoms with Gasteiger partial charge in [-0.15, -0.1) is 5.10 Å². The summed E-state index contributed by atoms with van der Waals surface area (Å²) in [7, 11) is 0. The molecule has 0 spiro atoms. The average Bonchev–Trinajstić information content (AvgIpc) is 2.49. The predicted molar refractivity (Wildman–Crippen MR) is 84.7 cm³/mol. The number of hydrogen-bond acceptors (Lipinski definition) is 3. The van der Waals surface area contributed by atoms with Gasteiger partial charge in [0.2, 0.25) is 0 Å². The third-order valence-corrected chi connectivity index (χ3v) is 12.1. The van der Waals surface area contributed by atoms with Gasteiger partial charge in [0.1, 0.15) is 6.33 Å². The number of hydrogen-bond donors (Lipinski definition) is 0. The average molecular weight is 371 g/mol. The van der Waals surface area contributed by atoms with Crippen LogP contribution in [0.5, 0.6) is 0 Å². The zero-order chi connectivity index (χ0) is 14.2. The summed E-state index contributed by atoms with van der Waals surface area (Å²) < 4.78 is 5.04. The molecule has 0 atom stereocenters. The molecular formula is C15H30N3Sn. The van der Waals surface area contributed by atoms with E-state index in [1.165, 1.54) is 51.0 Å². The third-order valence-electron chi connectivity index (χ3n) is 3.06. The fraction of sp³-hybridized carbons (Fsp3) is 0.800. The molecule has 1 rings (SSSR count). The van der Waals surface area contributed by atoms with Crippen molar-refractivity contribution >= 4 is 19.8 Å². The molecule has 1 radical (unpaired) electrons. The molecule has 0 amide bonds. The molecule has 0 saturated heterocycles. The van der Waals surface area contributed by atoms with Gasteiger partial charge in [0, 0.05) is 6.20 Å². The summed E-state index contributed by atoms with van der Waals surface area (Å²) in [5.41, 5.74) is 0. The van der Waals surface area contributed by atoms with E-state index in [-0.39, 0.29) is 0 Å². The van der Waals surface area contributed by atoms with E-state index >= 15 is 0 Å². The smallest absolute Gasteiger partial charge is 0.138 e. The summed E-state index contributed by atoms with van der Waals surface area (Å²) >= 11 is -0.839. The molecule has 4 heteroatoms. The van der Waals surface area contributed by atoms with Gasteiger partial charge >= 0.3 is 92.4 Å². The van der Waals surface area contributed by atoms with Gasteiger partial charge in [-0.2, -0.15) is 5.10 Å². The van der Waals surface area contributed by atoms with Crippen LogP contribution in [0, 0.1) is 0 Å². The van der Waals surface area contributed by atoms with Crippen molar-refractivity contribution in [2.45, 2.75) is 72.6 Å². The Morgan fingerprint density at radius 1 is 0.737 bits per heavy atom. The summed E-state index contributed by atoms with van der Waals surface area (Å²) in [5.74, 6) is 0. The van der Waals surface area contributed by atoms with Crippen LogP contribution in [0.15, 0.2) is 18.7 Å². The second kappa shape index (κ2) is 15.9. The maximum absolute atomic E-state index is 3.61. The fourth-order valence-electron chi connectivity index (χ4n) is 1.86. The first-order valence-electron chi connectivity index (χ1n) is 7.75. The number of unbranched alkanes of at least 4 members (excludes halogenated alkanes) is 3. The normalized spacial score (nSPS) is 10.1. The number of aromatic nitrogens is 3. The number of nitrogens with zero attached hydrogens (tertiary/aromatic N) is 3. The minimum absolute atomic E-state index is 0.839. The SMILES string of the molecule is CCC[CH2][Sn]([CH2]CCC)[CH2]CCC.c1cnncn1. The van der Waals surface area contributed by atoms with Gasteiger partial charge in [0.25, 0.3) is 0 Å². The van der Waals surface area contributed by atoms with Crippen LogP contribution in [0.25, 0.3) is 0 Å². The predicted octanol–water partition coefficient (Wildman–Crippen LogP) is 4.75. The van der Waals surface area contributed by atoms with E-state index in [4.69, 9.17) is 0 Å². The topological polar surface area (TPSA) is 38.7 Å². The van der Waals surface area contributed by atoms with Crippen LogP contribution in [-0.4, -0.2) is 34.9 Å². The van der Waals surface area contributed by atoms with Crippen LogP contribution in [0.1, 0.15) is 59.3 Å². The minimum Gasteiger partial charge on any atom is -0.241 e. The van der Waals surface area contributed by atoms with Crippen LogP contribution in [0.4, 0.5) is 0 Å². The van der Waals surface area contributed by atoms with Crippen LogP contribution in [0.2, 0.25) is 13.3 Å².